The quantitative estimate of drug-likeness (QED) is 0.776. The number of hydrogen-bond acceptors (Lipinski definition) is 2. The molecule has 2 N–H and O–H groups in total. The van der Waals surface area contributed by atoms with Crippen molar-refractivity contribution in [2.75, 3.05) is 6.54 Å². The number of aromatic nitrogens is 2. The van der Waals surface area contributed by atoms with E-state index in [9.17, 15) is 4.79 Å². The summed E-state index contributed by atoms with van der Waals surface area (Å²) in [4.78, 5) is 11.4. The topological polar surface area (TPSA) is 57.8 Å². The molecule has 1 aromatic heterocycles. The van der Waals surface area contributed by atoms with Crippen molar-refractivity contribution in [1.82, 2.24) is 15.5 Å². The van der Waals surface area contributed by atoms with Gasteiger partial charge in [0.2, 0.25) is 5.91 Å². The first-order valence-corrected chi connectivity index (χ1v) is 5.46. The molecular formula is C11H17N3O. The van der Waals surface area contributed by atoms with Gasteiger partial charge in [-0.25, -0.2) is 0 Å². The summed E-state index contributed by atoms with van der Waals surface area (Å²) in [5, 5.41) is 10.0. The van der Waals surface area contributed by atoms with Crippen molar-refractivity contribution in [2.45, 2.75) is 33.1 Å². The summed E-state index contributed by atoms with van der Waals surface area (Å²) in [7, 11) is 0. The Morgan fingerprint density at radius 3 is 2.80 bits per heavy atom. The predicted molar refractivity (Wildman–Crippen MR) is 57.5 cm³/mol. The molecule has 1 amide bonds. The molecule has 0 aliphatic heterocycles. The first kappa shape index (κ1) is 10.2. The average Bonchev–Trinajstić information content (AvgIpc) is 2.99. The molecule has 0 aromatic carbocycles. The van der Waals surface area contributed by atoms with Crippen LogP contribution in [0, 0.1) is 19.8 Å². The molecule has 0 bridgehead atoms. The Hall–Kier alpha value is -1.32. The third-order valence-corrected chi connectivity index (χ3v) is 2.90. The number of nitrogens with one attached hydrogen (secondary N) is 2. The molecule has 0 saturated heterocycles. The minimum Gasteiger partial charge on any atom is -0.356 e. The second-order valence-corrected chi connectivity index (χ2v) is 4.23. The van der Waals surface area contributed by atoms with Gasteiger partial charge < -0.3 is 5.32 Å². The van der Waals surface area contributed by atoms with Gasteiger partial charge in [-0.3, -0.25) is 9.89 Å². The Labute approximate surface area is 89.5 Å². The Morgan fingerprint density at radius 1 is 1.53 bits per heavy atom. The largest absolute Gasteiger partial charge is 0.356 e. The van der Waals surface area contributed by atoms with Crippen molar-refractivity contribution in [3.8, 4) is 0 Å². The second-order valence-electron chi connectivity index (χ2n) is 4.23. The minimum absolute atomic E-state index is 0.216. The summed E-state index contributed by atoms with van der Waals surface area (Å²) >= 11 is 0. The van der Waals surface area contributed by atoms with E-state index >= 15 is 0 Å². The smallest absolute Gasteiger partial charge is 0.223 e. The van der Waals surface area contributed by atoms with Crippen LogP contribution in [0.15, 0.2) is 0 Å². The number of nitrogens with zero attached hydrogens (tertiary/aromatic N) is 1. The highest BCUT2D eigenvalue weighted by Crippen LogP contribution is 2.28. The highest BCUT2D eigenvalue weighted by Gasteiger charge is 2.29. The Balaban J connectivity index is 1.80. The third-order valence-electron chi connectivity index (χ3n) is 2.90. The van der Waals surface area contributed by atoms with E-state index in [1.165, 1.54) is 5.56 Å². The van der Waals surface area contributed by atoms with Crippen molar-refractivity contribution in [2.24, 2.45) is 5.92 Å². The van der Waals surface area contributed by atoms with Crippen LogP contribution in [0.1, 0.15) is 29.8 Å². The summed E-state index contributed by atoms with van der Waals surface area (Å²) in [5.41, 5.74) is 3.37. The zero-order valence-electron chi connectivity index (χ0n) is 9.26. The van der Waals surface area contributed by atoms with E-state index in [1.54, 1.807) is 0 Å². The van der Waals surface area contributed by atoms with Gasteiger partial charge in [0.25, 0.3) is 0 Å². The lowest BCUT2D eigenvalue weighted by Gasteiger charge is -2.04. The van der Waals surface area contributed by atoms with Gasteiger partial charge in [0, 0.05) is 18.2 Å². The fourth-order valence-electron chi connectivity index (χ4n) is 1.74. The number of aromatic amines is 1. The van der Waals surface area contributed by atoms with E-state index < -0.39 is 0 Å². The van der Waals surface area contributed by atoms with Gasteiger partial charge in [-0.05, 0) is 38.7 Å². The first-order chi connectivity index (χ1) is 7.18. The van der Waals surface area contributed by atoms with Crippen LogP contribution in [0.25, 0.3) is 0 Å². The molecule has 0 atom stereocenters. The molecule has 0 radical (unpaired) electrons. The maximum Gasteiger partial charge on any atom is 0.223 e. The van der Waals surface area contributed by atoms with Crippen LogP contribution in [-0.2, 0) is 11.2 Å². The van der Waals surface area contributed by atoms with Gasteiger partial charge >= 0.3 is 0 Å². The lowest BCUT2D eigenvalue weighted by Crippen LogP contribution is -2.27. The molecule has 1 aromatic rings. The van der Waals surface area contributed by atoms with Crippen LogP contribution in [-0.4, -0.2) is 22.6 Å². The molecule has 1 saturated carbocycles. The SMILES string of the molecule is Cc1n[nH]c(C)c1CCNC(=O)C1CC1. The van der Waals surface area contributed by atoms with E-state index in [1.807, 2.05) is 13.8 Å². The van der Waals surface area contributed by atoms with E-state index in [-0.39, 0.29) is 5.91 Å². The molecule has 0 unspecified atom stereocenters. The number of H-pyrrole nitrogens is 1. The van der Waals surface area contributed by atoms with Crippen LogP contribution >= 0.6 is 0 Å². The summed E-state index contributed by atoms with van der Waals surface area (Å²) in [6.07, 6.45) is 3.00. The second kappa shape index (κ2) is 4.04. The number of hydrogen-bond donors (Lipinski definition) is 2. The van der Waals surface area contributed by atoms with Crippen LogP contribution < -0.4 is 5.32 Å². The Kier molecular flexibility index (Phi) is 2.75. The van der Waals surface area contributed by atoms with Gasteiger partial charge in [0.15, 0.2) is 0 Å². The van der Waals surface area contributed by atoms with E-state index in [4.69, 9.17) is 0 Å². The first-order valence-electron chi connectivity index (χ1n) is 5.46. The molecule has 2 rings (SSSR count). The van der Waals surface area contributed by atoms with Crippen LogP contribution in [0.3, 0.4) is 0 Å². The summed E-state index contributed by atoms with van der Waals surface area (Å²) in [6, 6.07) is 0. The molecule has 4 nitrogen and oxygen atoms in total. The van der Waals surface area contributed by atoms with Gasteiger partial charge in [-0.15, -0.1) is 0 Å². The standard InChI is InChI=1S/C11H17N3O/c1-7-10(8(2)14-13-7)5-6-12-11(15)9-3-4-9/h9H,3-6H2,1-2H3,(H,12,15)(H,13,14). The van der Waals surface area contributed by atoms with Gasteiger partial charge in [-0.1, -0.05) is 0 Å². The molecule has 4 heteroatoms. The van der Waals surface area contributed by atoms with Crippen molar-refractivity contribution >= 4 is 5.91 Å². The van der Waals surface area contributed by atoms with E-state index in [0.29, 0.717) is 5.92 Å². The highest BCUT2D eigenvalue weighted by atomic mass is 16.2. The van der Waals surface area contributed by atoms with Crippen molar-refractivity contribution in [1.29, 1.82) is 0 Å². The maximum absolute atomic E-state index is 11.4. The Bertz CT molecular complexity index is 346. The van der Waals surface area contributed by atoms with Crippen LogP contribution in [0.2, 0.25) is 0 Å². The number of rotatable bonds is 4. The third kappa shape index (κ3) is 2.37. The molecule has 1 heterocycles. The van der Waals surface area contributed by atoms with Gasteiger partial charge in [0.05, 0.1) is 5.69 Å². The van der Waals surface area contributed by atoms with Crippen molar-refractivity contribution in [3.63, 3.8) is 0 Å². The van der Waals surface area contributed by atoms with Gasteiger partial charge in [-0.2, -0.15) is 5.10 Å². The lowest BCUT2D eigenvalue weighted by atomic mass is 10.1. The Morgan fingerprint density at radius 2 is 2.27 bits per heavy atom. The normalized spacial score (nSPS) is 15.3. The summed E-state index contributed by atoms with van der Waals surface area (Å²) in [5.74, 6) is 0.519. The fourth-order valence-corrected chi connectivity index (χ4v) is 1.74. The lowest BCUT2D eigenvalue weighted by molar-refractivity contribution is -0.122. The molecule has 0 spiro atoms. The van der Waals surface area contributed by atoms with Crippen LogP contribution in [0.5, 0.6) is 0 Å². The molecule has 82 valence electrons. The molecule has 15 heavy (non-hydrogen) atoms. The number of amides is 1. The summed E-state index contributed by atoms with van der Waals surface area (Å²) in [6.45, 7) is 4.72. The highest BCUT2D eigenvalue weighted by molar-refractivity contribution is 5.80. The fraction of sp³-hybridized carbons (Fsp3) is 0.636. The van der Waals surface area contributed by atoms with E-state index in [2.05, 4.69) is 15.5 Å². The molecule has 1 fully saturated rings. The predicted octanol–water partition coefficient (Wildman–Crippen LogP) is 1.10. The van der Waals surface area contributed by atoms with Crippen molar-refractivity contribution in [3.05, 3.63) is 17.0 Å². The van der Waals surface area contributed by atoms with E-state index in [0.717, 1.165) is 37.2 Å². The molecule has 1 aliphatic carbocycles. The molecular weight excluding hydrogens is 190 g/mol. The summed E-state index contributed by atoms with van der Waals surface area (Å²) < 4.78 is 0. The maximum atomic E-state index is 11.4. The number of carbonyl (C=O) groups is 1. The minimum atomic E-state index is 0.216. The number of carbonyl (C=O) groups excluding carboxylic acids is 1. The molecule has 1 aliphatic rings. The zero-order chi connectivity index (χ0) is 10.8. The number of aryl methyl sites for hydroxylation is 2. The van der Waals surface area contributed by atoms with Crippen LogP contribution in [0.4, 0.5) is 0 Å². The van der Waals surface area contributed by atoms with Gasteiger partial charge in [0.1, 0.15) is 0 Å². The monoisotopic (exact) mass is 207 g/mol. The average molecular weight is 207 g/mol. The zero-order valence-corrected chi connectivity index (χ0v) is 9.26. The van der Waals surface area contributed by atoms with Crippen molar-refractivity contribution < 1.29 is 4.79 Å².